The normalized spacial score (nSPS) is 11.7. The minimum Gasteiger partial charge on any atom is -0.351 e. The molecular weight excluding hydrogens is 395 g/mol. The van der Waals surface area contributed by atoms with Crippen LogP contribution < -0.4 is 5.32 Å². The third-order valence-corrected chi connectivity index (χ3v) is 4.23. The van der Waals surface area contributed by atoms with Crippen LogP contribution in [-0.2, 0) is 11.3 Å². The van der Waals surface area contributed by atoms with Gasteiger partial charge >= 0.3 is 5.92 Å². The molecule has 0 saturated heterocycles. The highest BCUT2D eigenvalue weighted by molar-refractivity contribution is 5.86. The zero-order chi connectivity index (χ0) is 21.4. The Labute approximate surface area is 171 Å². The highest BCUT2D eigenvalue weighted by Crippen LogP contribution is 2.18. The van der Waals surface area contributed by atoms with Gasteiger partial charge in [-0.25, -0.2) is 4.39 Å². The number of hydrogen-bond donors (Lipinski definition) is 1. The van der Waals surface area contributed by atoms with Gasteiger partial charge in [0.25, 0.3) is 5.91 Å². The molecule has 1 amide bonds. The SMILES string of the molecule is O=C(NCCCCn1cc(-c2ncccc2F)nn1)C(F)(F)/C=C/c1ccccc1. The van der Waals surface area contributed by atoms with E-state index in [0.29, 0.717) is 36.7 Å². The molecule has 3 rings (SSSR count). The molecule has 30 heavy (non-hydrogen) atoms. The van der Waals surface area contributed by atoms with Crippen LogP contribution in [0.25, 0.3) is 17.5 Å². The Bertz CT molecular complexity index is 1000. The summed E-state index contributed by atoms with van der Waals surface area (Å²) >= 11 is 0. The Morgan fingerprint density at radius 2 is 1.93 bits per heavy atom. The van der Waals surface area contributed by atoms with Gasteiger partial charge in [-0.15, -0.1) is 5.10 Å². The summed E-state index contributed by atoms with van der Waals surface area (Å²) < 4.78 is 43.1. The van der Waals surface area contributed by atoms with Crippen LogP contribution in [0.1, 0.15) is 18.4 Å². The average molecular weight is 415 g/mol. The van der Waals surface area contributed by atoms with Crippen molar-refractivity contribution < 1.29 is 18.0 Å². The van der Waals surface area contributed by atoms with Gasteiger partial charge < -0.3 is 5.32 Å². The van der Waals surface area contributed by atoms with Crippen LogP contribution in [0.5, 0.6) is 0 Å². The van der Waals surface area contributed by atoms with Crippen LogP contribution in [0, 0.1) is 5.82 Å². The minimum absolute atomic E-state index is 0.101. The molecular formula is C21H20F3N5O. The largest absolute Gasteiger partial charge is 0.351 e. The van der Waals surface area contributed by atoms with E-state index in [0.717, 1.165) is 0 Å². The van der Waals surface area contributed by atoms with E-state index in [1.165, 1.54) is 29.1 Å². The number of alkyl halides is 2. The molecule has 3 aromatic rings. The molecule has 0 radical (unpaired) electrons. The number of unbranched alkanes of at least 4 members (excludes halogenated alkanes) is 1. The number of rotatable bonds is 9. The van der Waals surface area contributed by atoms with Crippen molar-refractivity contribution >= 4 is 12.0 Å². The first-order chi connectivity index (χ1) is 14.5. The van der Waals surface area contributed by atoms with Gasteiger partial charge in [0.2, 0.25) is 0 Å². The molecule has 6 nitrogen and oxygen atoms in total. The van der Waals surface area contributed by atoms with Crippen molar-refractivity contribution in [2.75, 3.05) is 6.54 Å². The second kappa shape index (κ2) is 9.82. The lowest BCUT2D eigenvalue weighted by molar-refractivity contribution is -0.139. The Morgan fingerprint density at radius 1 is 1.13 bits per heavy atom. The molecule has 1 aromatic carbocycles. The number of hydrogen-bond acceptors (Lipinski definition) is 4. The maximum absolute atomic E-state index is 13.9. The number of amides is 1. The molecule has 0 unspecified atom stereocenters. The lowest BCUT2D eigenvalue weighted by Gasteiger charge is -2.12. The summed E-state index contributed by atoms with van der Waals surface area (Å²) in [5.41, 5.74) is 1.01. The van der Waals surface area contributed by atoms with Gasteiger partial charge in [-0.1, -0.05) is 41.6 Å². The average Bonchev–Trinajstić information content (AvgIpc) is 3.21. The van der Waals surface area contributed by atoms with Gasteiger partial charge in [0, 0.05) is 19.3 Å². The predicted octanol–water partition coefficient (Wildman–Crippen LogP) is 3.72. The van der Waals surface area contributed by atoms with Gasteiger partial charge in [-0.2, -0.15) is 8.78 Å². The van der Waals surface area contributed by atoms with Crippen LogP contribution in [0.3, 0.4) is 0 Å². The highest BCUT2D eigenvalue weighted by Gasteiger charge is 2.35. The van der Waals surface area contributed by atoms with Gasteiger partial charge in [-0.3, -0.25) is 14.5 Å². The fourth-order valence-corrected chi connectivity index (χ4v) is 2.65. The third-order valence-electron chi connectivity index (χ3n) is 4.23. The molecule has 0 aliphatic carbocycles. The number of carbonyl (C=O) groups is 1. The molecule has 0 atom stereocenters. The molecule has 0 bridgehead atoms. The predicted molar refractivity (Wildman–Crippen MR) is 106 cm³/mol. The Balaban J connectivity index is 1.41. The topological polar surface area (TPSA) is 72.7 Å². The van der Waals surface area contributed by atoms with Crippen molar-refractivity contribution in [1.82, 2.24) is 25.3 Å². The Kier molecular flexibility index (Phi) is 6.95. The second-order valence-electron chi connectivity index (χ2n) is 6.53. The fourth-order valence-electron chi connectivity index (χ4n) is 2.65. The standard InChI is InChI=1S/C21H20F3N5O/c22-17-9-6-13-25-19(17)18-15-29(28-27-18)14-5-4-12-26-20(30)21(23,24)11-10-16-7-2-1-3-8-16/h1-3,6-11,13,15H,4-5,12,14H2,(H,26,30)/b11-10+. The van der Waals surface area contributed by atoms with E-state index >= 15 is 0 Å². The molecule has 0 fully saturated rings. The van der Waals surface area contributed by atoms with Crippen LogP contribution in [-0.4, -0.2) is 38.4 Å². The van der Waals surface area contributed by atoms with Crippen LogP contribution in [0.4, 0.5) is 13.2 Å². The Hall–Kier alpha value is -3.49. The van der Waals surface area contributed by atoms with Crippen molar-refractivity contribution in [3.63, 3.8) is 0 Å². The van der Waals surface area contributed by atoms with E-state index in [1.807, 2.05) is 0 Å². The van der Waals surface area contributed by atoms with Gasteiger partial charge in [-0.05, 0) is 36.6 Å². The minimum atomic E-state index is -3.59. The van der Waals surface area contributed by atoms with Gasteiger partial charge in [0.15, 0.2) is 5.82 Å². The van der Waals surface area contributed by atoms with E-state index in [9.17, 15) is 18.0 Å². The quantitative estimate of drug-likeness (QED) is 0.541. The molecule has 0 spiro atoms. The smallest absolute Gasteiger partial charge is 0.343 e. The van der Waals surface area contributed by atoms with E-state index in [-0.39, 0.29) is 12.2 Å². The lowest BCUT2D eigenvalue weighted by Crippen LogP contribution is -2.39. The second-order valence-corrected chi connectivity index (χ2v) is 6.53. The molecule has 0 saturated carbocycles. The maximum Gasteiger partial charge on any atom is 0.343 e. The van der Waals surface area contributed by atoms with Crippen molar-refractivity contribution in [3.8, 4) is 11.4 Å². The van der Waals surface area contributed by atoms with Crippen molar-refractivity contribution in [2.24, 2.45) is 0 Å². The van der Waals surface area contributed by atoms with E-state index in [4.69, 9.17) is 0 Å². The number of aromatic nitrogens is 4. The summed E-state index contributed by atoms with van der Waals surface area (Å²) in [6, 6.07) is 11.3. The van der Waals surface area contributed by atoms with Crippen LogP contribution in [0.2, 0.25) is 0 Å². The van der Waals surface area contributed by atoms with Gasteiger partial charge in [0.05, 0.1) is 6.20 Å². The summed E-state index contributed by atoms with van der Waals surface area (Å²) in [5, 5.41) is 10.0. The van der Waals surface area contributed by atoms with E-state index in [2.05, 4.69) is 20.6 Å². The zero-order valence-corrected chi connectivity index (χ0v) is 16.0. The molecule has 2 aromatic heterocycles. The van der Waals surface area contributed by atoms with Crippen molar-refractivity contribution in [2.45, 2.75) is 25.3 Å². The summed E-state index contributed by atoms with van der Waals surface area (Å²) in [5.74, 6) is -5.43. The Morgan fingerprint density at radius 3 is 2.70 bits per heavy atom. The van der Waals surface area contributed by atoms with Crippen molar-refractivity contribution in [1.29, 1.82) is 0 Å². The van der Waals surface area contributed by atoms with E-state index < -0.39 is 17.6 Å². The number of nitrogens with zero attached hydrogens (tertiary/aromatic N) is 4. The molecule has 0 aliphatic heterocycles. The summed E-state index contributed by atoms with van der Waals surface area (Å²) in [6.45, 7) is 0.547. The molecule has 2 heterocycles. The van der Waals surface area contributed by atoms with E-state index in [1.54, 1.807) is 36.5 Å². The zero-order valence-electron chi connectivity index (χ0n) is 16.0. The first-order valence-corrected chi connectivity index (χ1v) is 9.37. The summed E-state index contributed by atoms with van der Waals surface area (Å²) in [4.78, 5) is 15.7. The maximum atomic E-state index is 13.9. The number of pyridine rings is 1. The number of aryl methyl sites for hydroxylation is 1. The van der Waals surface area contributed by atoms with Crippen LogP contribution >= 0.6 is 0 Å². The first-order valence-electron chi connectivity index (χ1n) is 9.37. The highest BCUT2D eigenvalue weighted by atomic mass is 19.3. The fraction of sp³-hybridized carbons (Fsp3) is 0.238. The molecule has 9 heteroatoms. The molecule has 156 valence electrons. The number of carbonyl (C=O) groups excluding carboxylic acids is 1. The monoisotopic (exact) mass is 415 g/mol. The third kappa shape index (κ3) is 5.76. The lowest BCUT2D eigenvalue weighted by atomic mass is 10.2. The van der Waals surface area contributed by atoms with Crippen LogP contribution in [0.15, 0.2) is 60.9 Å². The van der Waals surface area contributed by atoms with Gasteiger partial charge in [0.1, 0.15) is 11.4 Å². The van der Waals surface area contributed by atoms with Crippen molar-refractivity contribution in [3.05, 3.63) is 72.3 Å². The summed E-state index contributed by atoms with van der Waals surface area (Å²) in [6.07, 6.45) is 5.87. The number of halogens is 3. The number of nitrogens with one attached hydrogen (secondary N) is 1. The summed E-state index contributed by atoms with van der Waals surface area (Å²) in [7, 11) is 0. The molecule has 1 N–H and O–H groups in total. The number of benzene rings is 1. The first kappa shape index (κ1) is 21.2. The molecule has 0 aliphatic rings.